The summed E-state index contributed by atoms with van der Waals surface area (Å²) in [5.41, 5.74) is 1.27. The number of allylic oxidation sites excluding steroid dienone is 2. The zero-order valence-corrected chi connectivity index (χ0v) is 13.4. The molecule has 0 saturated heterocycles. The van der Waals surface area contributed by atoms with E-state index in [4.69, 9.17) is 4.74 Å². The Labute approximate surface area is 126 Å². The van der Waals surface area contributed by atoms with Gasteiger partial charge < -0.3 is 9.47 Å². The molecule has 0 aromatic heterocycles. The molecular weight excluding hydrogens is 272 g/mol. The largest absolute Gasteiger partial charge is 0.509 e. The first-order valence-corrected chi connectivity index (χ1v) is 7.82. The second kappa shape index (κ2) is 12.7. The van der Waals surface area contributed by atoms with Crippen LogP contribution < -0.4 is 0 Å². The van der Waals surface area contributed by atoms with Crippen molar-refractivity contribution in [2.24, 2.45) is 0 Å². The molecule has 0 rings (SSSR count). The maximum atomic E-state index is 11.1. The van der Waals surface area contributed by atoms with E-state index in [0.29, 0.717) is 6.42 Å². The first kappa shape index (κ1) is 18.7. The van der Waals surface area contributed by atoms with Crippen molar-refractivity contribution in [3.8, 4) is 11.8 Å². The fourth-order valence-corrected chi connectivity index (χ4v) is 2.30. The van der Waals surface area contributed by atoms with Gasteiger partial charge in [-0.1, -0.05) is 37.3 Å². The zero-order valence-electron chi connectivity index (χ0n) is 12.6. The van der Waals surface area contributed by atoms with E-state index in [2.05, 4.69) is 42.4 Å². The molecule has 0 aromatic rings. The van der Waals surface area contributed by atoms with Crippen LogP contribution in [0.5, 0.6) is 0 Å². The monoisotopic (exact) mass is 296 g/mol. The Morgan fingerprint density at radius 2 is 2.25 bits per heavy atom. The summed E-state index contributed by atoms with van der Waals surface area (Å²) >= 11 is 1.83. The molecule has 0 aliphatic rings. The number of methoxy groups -OCH3 is 1. The number of ether oxygens (including phenoxy) is 2. The van der Waals surface area contributed by atoms with Gasteiger partial charge in [-0.15, -0.1) is 11.8 Å². The van der Waals surface area contributed by atoms with Crippen LogP contribution >= 0.6 is 11.8 Å². The van der Waals surface area contributed by atoms with Crippen molar-refractivity contribution >= 4 is 17.9 Å². The second-order valence-corrected chi connectivity index (χ2v) is 5.26. The van der Waals surface area contributed by atoms with E-state index in [-0.39, 0.29) is 0 Å². The molecule has 0 spiro atoms. The molecule has 1 unspecified atom stereocenters. The number of hydrogen-bond acceptors (Lipinski definition) is 4. The smallest absolute Gasteiger partial charge is 0.438 e. The maximum Gasteiger partial charge on any atom is 0.509 e. The van der Waals surface area contributed by atoms with Crippen molar-refractivity contribution in [1.82, 2.24) is 0 Å². The lowest BCUT2D eigenvalue weighted by molar-refractivity contribution is 0.0530. The normalized spacial score (nSPS) is 12.1. The quantitative estimate of drug-likeness (QED) is 0.374. The number of thioether (sulfide) groups is 1. The Morgan fingerprint density at radius 1 is 1.50 bits per heavy atom. The Hall–Kier alpha value is -1.34. The fraction of sp³-hybridized carbons (Fsp3) is 0.562. The van der Waals surface area contributed by atoms with Crippen LogP contribution in [0.25, 0.3) is 0 Å². The highest BCUT2D eigenvalue weighted by molar-refractivity contribution is 8.02. The summed E-state index contributed by atoms with van der Waals surface area (Å²) in [6.45, 7) is 7.79. The highest BCUT2D eigenvalue weighted by Gasteiger charge is 2.11. The molecule has 4 heteroatoms. The topological polar surface area (TPSA) is 35.5 Å². The molecule has 20 heavy (non-hydrogen) atoms. The molecule has 0 aliphatic heterocycles. The summed E-state index contributed by atoms with van der Waals surface area (Å²) < 4.78 is 9.56. The second-order valence-electron chi connectivity index (χ2n) is 4.28. The van der Waals surface area contributed by atoms with E-state index < -0.39 is 12.3 Å². The molecule has 0 amide bonds. The van der Waals surface area contributed by atoms with Crippen molar-refractivity contribution in [3.05, 3.63) is 23.6 Å². The lowest BCUT2D eigenvalue weighted by Gasteiger charge is -2.11. The van der Waals surface area contributed by atoms with Crippen molar-refractivity contribution in [1.29, 1.82) is 0 Å². The summed E-state index contributed by atoms with van der Waals surface area (Å²) in [4.78, 5) is 11.1. The van der Waals surface area contributed by atoms with Crippen LogP contribution in [-0.2, 0) is 9.47 Å². The van der Waals surface area contributed by atoms with Gasteiger partial charge in [-0.25, -0.2) is 4.79 Å². The first-order chi connectivity index (χ1) is 9.63. The van der Waals surface area contributed by atoms with Crippen molar-refractivity contribution in [2.75, 3.05) is 12.9 Å². The van der Waals surface area contributed by atoms with Crippen molar-refractivity contribution in [2.45, 2.75) is 45.6 Å². The lowest BCUT2D eigenvalue weighted by Crippen LogP contribution is -2.16. The van der Waals surface area contributed by atoms with Crippen LogP contribution in [0.4, 0.5) is 4.79 Å². The van der Waals surface area contributed by atoms with Gasteiger partial charge in [0.15, 0.2) is 6.10 Å². The van der Waals surface area contributed by atoms with Crippen LogP contribution in [0.3, 0.4) is 0 Å². The zero-order chi connectivity index (χ0) is 15.2. The third-order valence-electron chi connectivity index (χ3n) is 2.45. The van der Waals surface area contributed by atoms with Gasteiger partial charge in [-0.05, 0) is 43.4 Å². The number of carbonyl (C=O) groups excluding carboxylic acids is 1. The van der Waals surface area contributed by atoms with Gasteiger partial charge in [0.2, 0.25) is 0 Å². The summed E-state index contributed by atoms with van der Waals surface area (Å²) in [5, 5.41) is 2.17. The van der Waals surface area contributed by atoms with Gasteiger partial charge >= 0.3 is 6.16 Å². The predicted octanol–water partition coefficient (Wildman–Crippen LogP) is 4.54. The summed E-state index contributed by atoms with van der Waals surface area (Å²) in [5.74, 6) is 6.70. The molecular formula is C16H24O3S. The van der Waals surface area contributed by atoms with Gasteiger partial charge in [-0.3, -0.25) is 0 Å². The molecule has 0 aromatic carbocycles. The number of rotatable bonds is 8. The molecule has 0 saturated carbocycles. The lowest BCUT2D eigenvalue weighted by atomic mass is 10.1. The van der Waals surface area contributed by atoms with E-state index in [0.717, 1.165) is 12.2 Å². The van der Waals surface area contributed by atoms with Crippen LogP contribution in [-0.4, -0.2) is 25.1 Å². The van der Waals surface area contributed by atoms with Crippen LogP contribution in [0, 0.1) is 11.8 Å². The minimum Gasteiger partial charge on any atom is -0.438 e. The van der Waals surface area contributed by atoms with Crippen molar-refractivity contribution in [3.63, 3.8) is 0 Å². The summed E-state index contributed by atoms with van der Waals surface area (Å²) in [6.07, 6.45) is 4.27. The molecule has 1 atom stereocenters. The number of unbranched alkanes of at least 4 members (excludes halogenated alkanes) is 1. The molecule has 0 bridgehead atoms. The third-order valence-corrected chi connectivity index (χ3v) is 3.55. The van der Waals surface area contributed by atoms with Crippen LogP contribution in [0.1, 0.15) is 39.5 Å². The molecule has 0 aliphatic carbocycles. The van der Waals surface area contributed by atoms with E-state index in [1.54, 1.807) is 0 Å². The number of carbonyl (C=O) groups is 1. The minimum absolute atomic E-state index is 0.454. The van der Waals surface area contributed by atoms with E-state index in [1.165, 1.54) is 31.6 Å². The first-order valence-electron chi connectivity index (χ1n) is 6.77. The Bertz CT molecular complexity index is 377. The molecule has 3 nitrogen and oxygen atoms in total. The molecule has 112 valence electrons. The highest BCUT2D eigenvalue weighted by atomic mass is 32.2. The molecule has 0 N–H and O–H groups in total. The fourth-order valence-electron chi connectivity index (χ4n) is 1.32. The predicted molar refractivity (Wildman–Crippen MR) is 85.6 cm³/mol. The van der Waals surface area contributed by atoms with Gasteiger partial charge in [0, 0.05) is 0 Å². The standard InChI is InChI=1S/C16H24O3S/c1-5-7-9-15(19-16(17)18-4)11-10-14(3)13-20-12-8-6-2/h5,13,15H,1,6,8,10-12H2,2-4H3/b14-13+. The van der Waals surface area contributed by atoms with Gasteiger partial charge in [-0.2, -0.15) is 0 Å². The maximum absolute atomic E-state index is 11.1. The van der Waals surface area contributed by atoms with Gasteiger partial charge in [0.25, 0.3) is 0 Å². The van der Waals surface area contributed by atoms with E-state index in [1.807, 2.05) is 11.8 Å². The highest BCUT2D eigenvalue weighted by Crippen LogP contribution is 2.15. The minimum atomic E-state index is -0.702. The Balaban J connectivity index is 4.23. The van der Waals surface area contributed by atoms with Gasteiger partial charge in [0.05, 0.1) is 7.11 Å². The average molecular weight is 296 g/mol. The Morgan fingerprint density at radius 3 is 2.85 bits per heavy atom. The van der Waals surface area contributed by atoms with E-state index in [9.17, 15) is 4.79 Å². The third kappa shape index (κ3) is 10.6. The van der Waals surface area contributed by atoms with Crippen LogP contribution in [0.15, 0.2) is 23.6 Å². The SMILES string of the molecule is C=CC#CC(CC/C(C)=C/SCCCC)OC(=O)OC. The summed E-state index contributed by atoms with van der Waals surface area (Å²) in [7, 11) is 1.29. The molecule has 0 heterocycles. The average Bonchev–Trinajstić information content (AvgIpc) is 2.46. The number of hydrogen-bond donors (Lipinski definition) is 0. The van der Waals surface area contributed by atoms with Crippen molar-refractivity contribution < 1.29 is 14.3 Å². The Kier molecular flexibility index (Phi) is 11.8. The molecule has 0 fully saturated rings. The van der Waals surface area contributed by atoms with E-state index >= 15 is 0 Å². The van der Waals surface area contributed by atoms with Crippen LogP contribution in [0.2, 0.25) is 0 Å². The molecule has 0 radical (unpaired) electrons. The summed E-state index contributed by atoms with van der Waals surface area (Å²) in [6, 6.07) is 0. The van der Waals surface area contributed by atoms with Gasteiger partial charge in [0.1, 0.15) is 0 Å².